The van der Waals surface area contributed by atoms with E-state index in [0.29, 0.717) is 29.9 Å². The summed E-state index contributed by atoms with van der Waals surface area (Å²) in [6.45, 7) is 2.22. The molecule has 0 aliphatic rings. The molecule has 0 radical (unpaired) electrons. The Balaban J connectivity index is 1.38. The summed E-state index contributed by atoms with van der Waals surface area (Å²) in [6, 6.07) is 9.16. The molecule has 0 atom stereocenters. The largest absolute Gasteiger partial charge is 0.497 e. The van der Waals surface area contributed by atoms with Gasteiger partial charge in [-0.3, -0.25) is 9.78 Å². The number of hydrogen-bond donors (Lipinski definition) is 1. The van der Waals surface area contributed by atoms with Crippen molar-refractivity contribution in [1.29, 1.82) is 0 Å². The van der Waals surface area contributed by atoms with E-state index in [0.717, 1.165) is 27.2 Å². The number of benzene rings is 1. The third-order valence-corrected chi connectivity index (χ3v) is 5.91. The molecule has 7 nitrogen and oxygen atoms in total. The quantitative estimate of drug-likeness (QED) is 0.443. The Bertz CT molecular complexity index is 1280. The van der Waals surface area contributed by atoms with E-state index in [1.165, 1.54) is 11.3 Å². The minimum absolute atomic E-state index is 0.144. The first-order chi connectivity index (χ1) is 15.0. The van der Waals surface area contributed by atoms with Gasteiger partial charge in [0.1, 0.15) is 16.3 Å². The zero-order chi connectivity index (χ0) is 21.8. The second kappa shape index (κ2) is 9.09. The number of hydrogen-bond acceptors (Lipinski definition) is 7. The highest BCUT2D eigenvalue weighted by molar-refractivity contribution is 7.09. The van der Waals surface area contributed by atoms with Gasteiger partial charge in [-0.25, -0.2) is 9.78 Å². The van der Waals surface area contributed by atoms with Gasteiger partial charge >= 0.3 is 5.63 Å². The van der Waals surface area contributed by atoms with E-state index in [2.05, 4.69) is 15.3 Å². The van der Waals surface area contributed by atoms with Gasteiger partial charge in [0.25, 0.3) is 0 Å². The van der Waals surface area contributed by atoms with Crippen LogP contribution in [0.25, 0.3) is 22.2 Å². The number of nitrogens with one attached hydrogen (secondary N) is 1. The highest BCUT2D eigenvalue weighted by Crippen LogP contribution is 2.24. The van der Waals surface area contributed by atoms with Gasteiger partial charge in [-0.2, -0.15) is 0 Å². The van der Waals surface area contributed by atoms with Crippen LogP contribution in [0, 0.1) is 6.92 Å². The van der Waals surface area contributed by atoms with Crippen molar-refractivity contribution in [3.05, 3.63) is 74.7 Å². The number of pyridine rings is 1. The molecule has 3 heterocycles. The average molecular weight is 436 g/mol. The van der Waals surface area contributed by atoms with Crippen molar-refractivity contribution in [2.45, 2.75) is 26.3 Å². The Hall–Kier alpha value is -3.52. The summed E-state index contributed by atoms with van der Waals surface area (Å²) in [5.41, 5.74) is 3.24. The number of carbonyl (C=O) groups is 1. The third-order valence-electron chi connectivity index (χ3n) is 5.06. The molecule has 0 aliphatic carbocycles. The molecule has 8 heteroatoms. The number of amides is 1. The van der Waals surface area contributed by atoms with Crippen LogP contribution in [0.15, 0.2) is 57.3 Å². The van der Waals surface area contributed by atoms with Crippen LogP contribution in [0.3, 0.4) is 0 Å². The predicted octanol–water partition coefficient (Wildman–Crippen LogP) is 3.88. The van der Waals surface area contributed by atoms with Gasteiger partial charge in [-0.1, -0.05) is 0 Å². The van der Waals surface area contributed by atoms with Crippen molar-refractivity contribution < 1.29 is 13.9 Å². The van der Waals surface area contributed by atoms with Crippen LogP contribution in [-0.2, 0) is 17.8 Å². The number of aryl methyl sites for hydroxylation is 1. The lowest BCUT2D eigenvalue weighted by Crippen LogP contribution is -2.24. The lowest BCUT2D eigenvalue weighted by atomic mass is 10.0. The van der Waals surface area contributed by atoms with Crippen molar-refractivity contribution in [2.75, 3.05) is 7.11 Å². The second-order valence-electron chi connectivity index (χ2n) is 6.99. The van der Waals surface area contributed by atoms with Crippen LogP contribution in [0.1, 0.15) is 22.6 Å². The fraction of sp³-hybridized carbons (Fsp3) is 0.217. The lowest BCUT2D eigenvalue weighted by molar-refractivity contribution is -0.121. The van der Waals surface area contributed by atoms with Crippen molar-refractivity contribution >= 4 is 28.2 Å². The highest BCUT2D eigenvalue weighted by atomic mass is 32.1. The smallest absolute Gasteiger partial charge is 0.339 e. The Morgan fingerprint density at radius 1 is 1.23 bits per heavy atom. The SMILES string of the molecule is COc1ccc2c(C)c(CCC(=O)NCc3nc(-c4ccncc4)cs3)c(=O)oc2c1. The minimum Gasteiger partial charge on any atom is -0.497 e. The minimum atomic E-state index is -0.423. The van der Waals surface area contributed by atoms with E-state index in [-0.39, 0.29) is 12.3 Å². The van der Waals surface area contributed by atoms with Crippen molar-refractivity contribution in [3.63, 3.8) is 0 Å². The van der Waals surface area contributed by atoms with E-state index in [4.69, 9.17) is 9.15 Å². The summed E-state index contributed by atoms with van der Waals surface area (Å²) in [4.78, 5) is 33.3. The molecule has 0 saturated carbocycles. The van der Waals surface area contributed by atoms with E-state index in [9.17, 15) is 9.59 Å². The summed E-state index contributed by atoms with van der Waals surface area (Å²) in [7, 11) is 1.56. The zero-order valence-electron chi connectivity index (χ0n) is 17.2. The van der Waals surface area contributed by atoms with Crippen LogP contribution >= 0.6 is 11.3 Å². The van der Waals surface area contributed by atoms with Crippen LogP contribution in [-0.4, -0.2) is 23.0 Å². The molecule has 4 rings (SSSR count). The summed E-state index contributed by atoms with van der Waals surface area (Å²) >= 11 is 1.49. The van der Waals surface area contributed by atoms with Crippen LogP contribution in [0.2, 0.25) is 0 Å². The monoisotopic (exact) mass is 435 g/mol. The van der Waals surface area contributed by atoms with E-state index >= 15 is 0 Å². The molecule has 0 saturated heterocycles. The number of thiazole rings is 1. The molecule has 0 fully saturated rings. The number of carbonyl (C=O) groups excluding carboxylic acids is 1. The van der Waals surface area contributed by atoms with Gasteiger partial charge < -0.3 is 14.5 Å². The zero-order valence-corrected chi connectivity index (χ0v) is 18.0. The molecule has 3 aromatic heterocycles. The molecule has 4 aromatic rings. The van der Waals surface area contributed by atoms with Gasteiger partial charge in [-0.05, 0) is 43.2 Å². The van der Waals surface area contributed by atoms with E-state index < -0.39 is 5.63 Å². The molecule has 0 bridgehead atoms. The van der Waals surface area contributed by atoms with Gasteiger partial charge in [0.15, 0.2) is 0 Å². The second-order valence-corrected chi connectivity index (χ2v) is 7.94. The molecular weight excluding hydrogens is 414 g/mol. The molecule has 1 N–H and O–H groups in total. The van der Waals surface area contributed by atoms with Gasteiger partial charge in [0.2, 0.25) is 5.91 Å². The number of rotatable bonds is 7. The number of ether oxygens (including phenoxy) is 1. The average Bonchev–Trinajstić information content (AvgIpc) is 3.27. The predicted molar refractivity (Wildman–Crippen MR) is 119 cm³/mol. The van der Waals surface area contributed by atoms with E-state index in [1.807, 2.05) is 36.6 Å². The number of fused-ring (bicyclic) bond motifs is 1. The summed E-state index contributed by atoms with van der Waals surface area (Å²) in [6.07, 6.45) is 3.94. The highest BCUT2D eigenvalue weighted by Gasteiger charge is 2.14. The number of methoxy groups -OCH3 is 1. The summed E-state index contributed by atoms with van der Waals surface area (Å²) in [5.74, 6) is 0.478. The Kier molecular flexibility index (Phi) is 6.08. The molecule has 31 heavy (non-hydrogen) atoms. The van der Waals surface area contributed by atoms with Crippen molar-refractivity contribution in [3.8, 4) is 17.0 Å². The molecule has 0 unspecified atom stereocenters. The van der Waals surface area contributed by atoms with Crippen LogP contribution in [0.4, 0.5) is 0 Å². The number of nitrogens with zero attached hydrogens (tertiary/aromatic N) is 2. The Morgan fingerprint density at radius 2 is 2.03 bits per heavy atom. The fourth-order valence-corrected chi connectivity index (χ4v) is 4.08. The molecule has 0 aliphatic heterocycles. The first-order valence-corrected chi connectivity index (χ1v) is 10.6. The fourth-order valence-electron chi connectivity index (χ4n) is 3.34. The van der Waals surface area contributed by atoms with Crippen molar-refractivity contribution in [2.24, 2.45) is 0 Å². The third kappa shape index (κ3) is 4.64. The molecule has 1 amide bonds. The van der Waals surface area contributed by atoms with Gasteiger partial charge in [0, 0.05) is 46.8 Å². The normalized spacial score (nSPS) is 10.9. The number of aromatic nitrogens is 2. The van der Waals surface area contributed by atoms with Crippen molar-refractivity contribution in [1.82, 2.24) is 15.3 Å². The maximum atomic E-state index is 12.4. The van der Waals surface area contributed by atoms with Crippen LogP contribution < -0.4 is 15.7 Å². The van der Waals surface area contributed by atoms with Gasteiger partial charge in [0.05, 0.1) is 19.3 Å². The Morgan fingerprint density at radius 3 is 2.81 bits per heavy atom. The lowest BCUT2D eigenvalue weighted by Gasteiger charge is -2.09. The molecule has 158 valence electrons. The Labute approximate surface area is 182 Å². The maximum absolute atomic E-state index is 12.4. The summed E-state index contributed by atoms with van der Waals surface area (Å²) in [5, 5.41) is 6.48. The van der Waals surface area contributed by atoms with E-state index in [1.54, 1.807) is 25.6 Å². The maximum Gasteiger partial charge on any atom is 0.339 e. The standard InChI is InChI=1S/C23H21N3O4S/c1-14-17-4-3-16(29-2)11-20(17)30-23(28)18(14)5-6-21(27)25-12-22-26-19(13-31-22)15-7-9-24-10-8-15/h3-4,7-11,13H,5-6,12H2,1-2H3,(H,25,27). The topological polar surface area (TPSA) is 94.3 Å². The molecular formula is C23H21N3O4S. The molecule has 1 aromatic carbocycles. The summed E-state index contributed by atoms with van der Waals surface area (Å²) < 4.78 is 10.6. The molecule has 0 spiro atoms. The van der Waals surface area contributed by atoms with Gasteiger partial charge in [-0.15, -0.1) is 11.3 Å². The first-order valence-electron chi connectivity index (χ1n) is 9.77. The van der Waals surface area contributed by atoms with Crippen LogP contribution in [0.5, 0.6) is 5.75 Å². The first kappa shape index (κ1) is 20.7.